The van der Waals surface area contributed by atoms with Gasteiger partial charge >= 0.3 is 0 Å². The van der Waals surface area contributed by atoms with Crippen molar-refractivity contribution in [1.82, 2.24) is 14.8 Å². The molecule has 0 aliphatic carbocycles. The van der Waals surface area contributed by atoms with Crippen LogP contribution in [0.25, 0.3) is 0 Å². The van der Waals surface area contributed by atoms with E-state index in [9.17, 15) is 0 Å². The van der Waals surface area contributed by atoms with Gasteiger partial charge in [0.15, 0.2) is 4.73 Å². The fraction of sp³-hybridized carbons (Fsp3) is 0.833. The van der Waals surface area contributed by atoms with Crippen LogP contribution in [0.5, 0.6) is 0 Å². The van der Waals surface area contributed by atoms with Crippen LogP contribution >= 0.6 is 15.9 Å². The van der Waals surface area contributed by atoms with Gasteiger partial charge in [-0.25, -0.2) is 4.68 Å². The number of hydrogen-bond acceptors (Lipinski definition) is 3. The van der Waals surface area contributed by atoms with E-state index in [-0.39, 0.29) is 0 Å². The molecule has 0 radical (unpaired) electrons. The second-order valence-corrected chi connectivity index (χ2v) is 5.15. The molecule has 4 nitrogen and oxygen atoms in total. The van der Waals surface area contributed by atoms with Crippen LogP contribution in [0.2, 0.25) is 0 Å². The summed E-state index contributed by atoms with van der Waals surface area (Å²) in [5, 5.41) is 4.10. The van der Waals surface area contributed by atoms with Crippen LogP contribution in [0.1, 0.15) is 58.3 Å². The smallest absolute Gasteiger partial charge is 0.240 e. The second kappa shape index (κ2) is 8.50. The lowest BCUT2D eigenvalue weighted by molar-refractivity contribution is 0.514. The molecule has 0 aliphatic heterocycles. The molecule has 1 heterocycles. The summed E-state index contributed by atoms with van der Waals surface area (Å²) in [6.45, 7) is 3.15. The van der Waals surface area contributed by atoms with Crippen LogP contribution in [0.15, 0.2) is 4.73 Å². The van der Waals surface area contributed by atoms with Crippen LogP contribution in [0.4, 0.5) is 5.95 Å². The van der Waals surface area contributed by atoms with E-state index in [0.29, 0.717) is 5.95 Å². The van der Waals surface area contributed by atoms with Gasteiger partial charge in [0.25, 0.3) is 0 Å². The standard InChI is InChI=1S/C12H23BrN4/c1-2-3-4-5-6-7-8-9-10-17-11(13)15-12(14)16-17/h2-10H2,1H3,(H2,14,16). The van der Waals surface area contributed by atoms with E-state index >= 15 is 0 Å². The molecule has 5 heteroatoms. The van der Waals surface area contributed by atoms with Gasteiger partial charge in [0.2, 0.25) is 5.95 Å². The van der Waals surface area contributed by atoms with Gasteiger partial charge in [0.1, 0.15) is 0 Å². The summed E-state index contributed by atoms with van der Waals surface area (Å²) >= 11 is 3.34. The highest BCUT2D eigenvalue weighted by Gasteiger charge is 2.03. The van der Waals surface area contributed by atoms with Crippen molar-refractivity contribution in [2.45, 2.75) is 64.8 Å². The quantitative estimate of drug-likeness (QED) is 0.707. The van der Waals surface area contributed by atoms with E-state index in [0.717, 1.165) is 17.7 Å². The topological polar surface area (TPSA) is 56.7 Å². The van der Waals surface area contributed by atoms with Gasteiger partial charge in [0.05, 0.1) is 0 Å². The SMILES string of the molecule is CCCCCCCCCCn1nc(N)nc1Br. The summed E-state index contributed by atoms with van der Waals surface area (Å²) in [6, 6.07) is 0. The number of nitrogen functional groups attached to an aromatic ring is 1. The number of unbranched alkanes of at least 4 members (excludes halogenated alkanes) is 7. The van der Waals surface area contributed by atoms with E-state index in [1.54, 1.807) is 0 Å². The van der Waals surface area contributed by atoms with E-state index in [2.05, 4.69) is 32.9 Å². The van der Waals surface area contributed by atoms with Crippen molar-refractivity contribution in [2.75, 3.05) is 5.73 Å². The van der Waals surface area contributed by atoms with E-state index in [1.807, 2.05) is 4.68 Å². The summed E-state index contributed by atoms with van der Waals surface area (Å²) in [5.41, 5.74) is 5.50. The Hall–Kier alpha value is -0.580. The Morgan fingerprint density at radius 3 is 2.18 bits per heavy atom. The number of hydrogen-bond donors (Lipinski definition) is 1. The highest BCUT2D eigenvalue weighted by molar-refractivity contribution is 9.10. The molecule has 98 valence electrons. The third kappa shape index (κ3) is 6.05. The normalized spacial score (nSPS) is 10.9. The predicted octanol–water partition coefficient (Wildman–Crippen LogP) is 3.76. The molecule has 0 saturated heterocycles. The first-order valence-electron chi connectivity index (χ1n) is 6.60. The zero-order valence-corrected chi connectivity index (χ0v) is 12.2. The number of halogens is 1. The maximum absolute atomic E-state index is 5.50. The molecular weight excluding hydrogens is 280 g/mol. The average molecular weight is 303 g/mol. The van der Waals surface area contributed by atoms with Gasteiger partial charge < -0.3 is 5.73 Å². The number of aromatic nitrogens is 3. The number of anilines is 1. The average Bonchev–Trinajstić information content (AvgIpc) is 2.61. The highest BCUT2D eigenvalue weighted by Crippen LogP contribution is 2.12. The molecule has 0 fully saturated rings. The molecule has 1 aromatic heterocycles. The second-order valence-electron chi connectivity index (χ2n) is 4.44. The first kappa shape index (κ1) is 14.5. The maximum Gasteiger partial charge on any atom is 0.240 e. The van der Waals surface area contributed by atoms with Gasteiger partial charge in [-0.15, -0.1) is 5.10 Å². The van der Waals surface area contributed by atoms with Crippen molar-refractivity contribution >= 4 is 21.9 Å². The van der Waals surface area contributed by atoms with Crippen LogP contribution in [-0.4, -0.2) is 14.8 Å². The van der Waals surface area contributed by atoms with Gasteiger partial charge in [-0.3, -0.25) is 0 Å². The molecule has 0 amide bonds. The molecule has 0 atom stereocenters. The van der Waals surface area contributed by atoms with Crippen molar-refractivity contribution in [3.8, 4) is 0 Å². The maximum atomic E-state index is 5.50. The van der Waals surface area contributed by atoms with Gasteiger partial charge in [-0.1, -0.05) is 51.9 Å². The van der Waals surface area contributed by atoms with Crippen molar-refractivity contribution in [3.63, 3.8) is 0 Å². The summed E-state index contributed by atoms with van der Waals surface area (Å²) in [7, 11) is 0. The van der Waals surface area contributed by atoms with Gasteiger partial charge in [-0.05, 0) is 22.4 Å². The van der Waals surface area contributed by atoms with Crippen molar-refractivity contribution in [2.24, 2.45) is 0 Å². The summed E-state index contributed by atoms with van der Waals surface area (Å²) in [4.78, 5) is 4.01. The first-order chi connectivity index (χ1) is 8.24. The molecule has 0 bridgehead atoms. The van der Waals surface area contributed by atoms with E-state index in [4.69, 9.17) is 5.73 Å². The van der Waals surface area contributed by atoms with Crippen molar-refractivity contribution in [3.05, 3.63) is 4.73 Å². The lowest BCUT2D eigenvalue weighted by Gasteiger charge is -2.02. The minimum atomic E-state index is 0.344. The molecule has 1 rings (SSSR count). The summed E-state index contributed by atoms with van der Waals surface area (Å²) in [5.74, 6) is 0.344. The molecule has 17 heavy (non-hydrogen) atoms. The fourth-order valence-corrected chi connectivity index (χ4v) is 2.32. The number of nitrogens with two attached hydrogens (primary N) is 1. The van der Waals surface area contributed by atoms with Crippen LogP contribution in [0, 0.1) is 0 Å². The Morgan fingerprint density at radius 2 is 1.65 bits per heavy atom. The zero-order chi connectivity index (χ0) is 12.5. The zero-order valence-electron chi connectivity index (χ0n) is 10.7. The van der Waals surface area contributed by atoms with Gasteiger partial charge in [-0.2, -0.15) is 4.98 Å². The molecular formula is C12H23BrN4. The molecule has 0 aliphatic rings. The van der Waals surface area contributed by atoms with Crippen molar-refractivity contribution in [1.29, 1.82) is 0 Å². The van der Waals surface area contributed by atoms with Gasteiger partial charge in [0, 0.05) is 6.54 Å². The lowest BCUT2D eigenvalue weighted by atomic mass is 10.1. The van der Waals surface area contributed by atoms with Crippen LogP contribution in [0.3, 0.4) is 0 Å². The predicted molar refractivity (Wildman–Crippen MR) is 74.7 cm³/mol. The molecule has 0 saturated carbocycles. The number of rotatable bonds is 9. The summed E-state index contributed by atoms with van der Waals surface area (Å²) in [6.07, 6.45) is 10.6. The minimum absolute atomic E-state index is 0.344. The molecule has 2 N–H and O–H groups in total. The molecule has 0 spiro atoms. The van der Waals surface area contributed by atoms with E-state index < -0.39 is 0 Å². The Bertz CT molecular complexity index is 311. The molecule has 0 unspecified atom stereocenters. The van der Waals surface area contributed by atoms with Crippen molar-refractivity contribution < 1.29 is 0 Å². The monoisotopic (exact) mass is 302 g/mol. The van der Waals surface area contributed by atoms with Crippen LogP contribution < -0.4 is 5.73 Å². The first-order valence-corrected chi connectivity index (χ1v) is 7.39. The number of nitrogens with zero attached hydrogens (tertiary/aromatic N) is 3. The minimum Gasteiger partial charge on any atom is -0.366 e. The Morgan fingerprint density at radius 1 is 1.06 bits per heavy atom. The third-order valence-electron chi connectivity index (χ3n) is 2.87. The fourth-order valence-electron chi connectivity index (χ4n) is 1.88. The Labute approximate surface area is 112 Å². The third-order valence-corrected chi connectivity index (χ3v) is 3.45. The Kier molecular flexibility index (Phi) is 7.24. The largest absolute Gasteiger partial charge is 0.366 e. The van der Waals surface area contributed by atoms with E-state index in [1.165, 1.54) is 44.9 Å². The van der Waals surface area contributed by atoms with Crippen LogP contribution in [-0.2, 0) is 6.54 Å². The Balaban J connectivity index is 1.99. The number of aryl methyl sites for hydroxylation is 1. The molecule has 0 aromatic carbocycles. The lowest BCUT2D eigenvalue weighted by Crippen LogP contribution is -2.01. The highest BCUT2D eigenvalue weighted by atomic mass is 79.9. The summed E-state index contributed by atoms with van der Waals surface area (Å²) < 4.78 is 2.56. The molecule has 1 aromatic rings.